The molecule has 0 aromatic heterocycles. The average molecular weight is 317 g/mol. The summed E-state index contributed by atoms with van der Waals surface area (Å²) in [7, 11) is -3.63. The van der Waals surface area contributed by atoms with Gasteiger partial charge >= 0.3 is 0 Å². The predicted molar refractivity (Wildman–Crippen MR) is 77.1 cm³/mol. The van der Waals surface area contributed by atoms with Crippen LogP contribution in [-0.4, -0.2) is 34.0 Å². The summed E-state index contributed by atoms with van der Waals surface area (Å²) in [4.78, 5) is 0. The molecule has 0 amide bonds. The monoisotopic (exact) mass is 317 g/mol. The second-order valence-corrected chi connectivity index (χ2v) is 7.21. The topological polar surface area (TPSA) is 78.6 Å². The molecular weight excluding hydrogens is 297 g/mol. The molecule has 21 heavy (non-hydrogen) atoms. The van der Waals surface area contributed by atoms with E-state index < -0.39 is 21.3 Å². The fourth-order valence-electron chi connectivity index (χ4n) is 2.52. The van der Waals surface area contributed by atoms with E-state index in [1.165, 1.54) is 6.07 Å². The molecule has 1 heterocycles. The summed E-state index contributed by atoms with van der Waals surface area (Å²) in [5.41, 5.74) is -0.137. The number of rotatable bonds is 5. The van der Waals surface area contributed by atoms with E-state index in [1.54, 1.807) is 19.1 Å². The Hall–Kier alpha value is -1.18. The number of aryl methyl sites for hydroxylation is 1. The Bertz CT molecular complexity index is 597. The van der Waals surface area contributed by atoms with Crippen LogP contribution in [0.2, 0.25) is 0 Å². The van der Waals surface area contributed by atoms with E-state index in [0.29, 0.717) is 31.6 Å². The van der Waals surface area contributed by atoms with Crippen LogP contribution in [-0.2, 0) is 14.8 Å². The fraction of sp³-hybridized carbons (Fsp3) is 0.571. The lowest BCUT2D eigenvalue weighted by Crippen LogP contribution is -2.42. The van der Waals surface area contributed by atoms with Gasteiger partial charge in [-0.05, 0) is 31.4 Å². The molecular formula is C14H20FNO4S. The predicted octanol–water partition coefficient (Wildman–Crippen LogP) is 1.60. The number of hydrogen-bond acceptors (Lipinski definition) is 4. The number of halogens is 1. The summed E-state index contributed by atoms with van der Waals surface area (Å²) in [5, 5.41) is 5.18. The smallest absolute Gasteiger partial charge is 0.209 e. The van der Waals surface area contributed by atoms with Crippen LogP contribution in [0.3, 0.4) is 0 Å². The molecule has 118 valence electrons. The number of benzene rings is 1. The summed E-state index contributed by atoms with van der Waals surface area (Å²) in [6.45, 7) is 2.66. The average Bonchev–Trinajstić information content (AvgIpc) is 2.40. The summed E-state index contributed by atoms with van der Waals surface area (Å²) < 4.78 is 47.6. The van der Waals surface area contributed by atoms with Crippen molar-refractivity contribution in [1.29, 1.82) is 0 Å². The molecule has 2 N–H and O–H groups in total. The third-order valence-corrected chi connectivity index (χ3v) is 4.77. The van der Waals surface area contributed by atoms with Crippen LogP contribution in [0.5, 0.6) is 5.75 Å². The highest BCUT2D eigenvalue weighted by molar-refractivity contribution is 7.89. The van der Waals surface area contributed by atoms with E-state index in [9.17, 15) is 12.8 Å². The molecule has 0 spiro atoms. The highest BCUT2D eigenvalue weighted by atomic mass is 32.2. The van der Waals surface area contributed by atoms with Gasteiger partial charge in [-0.3, -0.25) is 0 Å². The zero-order valence-corrected chi connectivity index (χ0v) is 12.8. The van der Waals surface area contributed by atoms with Crippen molar-refractivity contribution in [3.63, 3.8) is 0 Å². The number of ether oxygens (including phenoxy) is 2. The van der Waals surface area contributed by atoms with Crippen molar-refractivity contribution in [3.8, 4) is 5.75 Å². The van der Waals surface area contributed by atoms with Crippen molar-refractivity contribution in [3.05, 3.63) is 29.6 Å². The highest BCUT2D eigenvalue weighted by Gasteiger charge is 2.37. The molecule has 0 atom stereocenters. The second kappa shape index (κ2) is 6.29. The van der Waals surface area contributed by atoms with Gasteiger partial charge in [-0.15, -0.1) is 0 Å². The molecule has 1 fully saturated rings. The summed E-state index contributed by atoms with van der Waals surface area (Å²) >= 11 is 0. The van der Waals surface area contributed by atoms with Crippen molar-refractivity contribution in [1.82, 2.24) is 0 Å². The SMILES string of the molecule is Cc1cccc(OCC2(CS(N)(=O)=O)CCOCC2)c1F. The van der Waals surface area contributed by atoms with Crippen LogP contribution >= 0.6 is 0 Å². The minimum atomic E-state index is -3.63. The van der Waals surface area contributed by atoms with Crippen LogP contribution in [0.1, 0.15) is 18.4 Å². The fourth-order valence-corrected chi connectivity index (χ4v) is 3.75. The van der Waals surface area contributed by atoms with E-state index in [-0.39, 0.29) is 18.1 Å². The quantitative estimate of drug-likeness (QED) is 0.894. The van der Waals surface area contributed by atoms with E-state index in [2.05, 4.69) is 0 Å². The molecule has 0 bridgehead atoms. The first-order chi connectivity index (χ1) is 9.81. The van der Waals surface area contributed by atoms with E-state index >= 15 is 0 Å². The molecule has 0 aliphatic carbocycles. The Morgan fingerprint density at radius 1 is 1.38 bits per heavy atom. The third kappa shape index (κ3) is 4.39. The molecule has 0 unspecified atom stereocenters. The highest BCUT2D eigenvalue weighted by Crippen LogP contribution is 2.33. The first kappa shape index (κ1) is 16.2. The van der Waals surface area contributed by atoms with Crippen molar-refractivity contribution in [2.45, 2.75) is 19.8 Å². The number of hydrogen-bond donors (Lipinski definition) is 1. The van der Waals surface area contributed by atoms with Gasteiger partial charge in [0.25, 0.3) is 0 Å². The van der Waals surface area contributed by atoms with Crippen molar-refractivity contribution >= 4 is 10.0 Å². The molecule has 1 saturated heterocycles. The van der Waals surface area contributed by atoms with Crippen LogP contribution in [0.15, 0.2) is 18.2 Å². The largest absolute Gasteiger partial charge is 0.490 e. The molecule has 0 saturated carbocycles. The first-order valence-electron chi connectivity index (χ1n) is 6.78. The first-order valence-corrected chi connectivity index (χ1v) is 8.49. The van der Waals surface area contributed by atoms with E-state index in [1.807, 2.05) is 0 Å². The lowest BCUT2D eigenvalue weighted by Gasteiger charge is -2.36. The third-order valence-electron chi connectivity index (χ3n) is 3.75. The Morgan fingerprint density at radius 3 is 2.67 bits per heavy atom. The number of nitrogens with two attached hydrogens (primary N) is 1. The van der Waals surface area contributed by atoms with Crippen LogP contribution < -0.4 is 9.88 Å². The minimum absolute atomic E-state index is 0.104. The lowest BCUT2D eigenvalue weighted by atomic mass is 9.83. The Labute approximate surface area is 124 Å². The van der Waals surface area contributed by atoms with Gasteiger partial charge in [0.15, 0.2) is 11.6 Å². The number of sulfonamides is 1. The molecule has 7 heteroatoms. The summed E-state index contributed by atoms with van der Waals surface area (Å²) in [5.74, 6) is -0.470. The molecule has 1 aromatic rings. The van der Waals surface area contributed by atoms with Crippen LogP contribution in [0, 0.1) is 18.2 Å². The normalized spacial score (nSPS) is 18.4. The maximum absolute atomic E-state index is 13.9. The second-order valence-electron chi connectivity index (χ2n) is 5.60. The maximum atomic E-state index is 13.9. The van der Waals surface area contributed by atoms with Gasteiger partial charge in [-0.1, -0.05) is 12.1 Å². The van der Waals surface area contributed by atoms with Gasteiger partial charge in [0.05, 0.1) is 12.4 Å². The lowest BCUT2D eigenvalue weighted by molar-refractivity contribution is 0.00143. The zero-order chi connectivity index (χ0) is 15.5. The Kier molecular flexibility index (Phi) is 4.85. The van der Waals surface area contributed by atoms with Gasteiger partial charge in [-0.25, -0.2) is 17.9 Å². The van der Waals surface area contributed by atoms with Crippen molar-refractivity contribution in [2.24, 2.45) is 10.6 Å². The van der Waals surface area contributed by atoms with E-state index in [0.717, 1.165) is 0 Å². The van der Waals surface area contributed by atoms with Gasteiger partial charge in [0.1, 0.15) is 0 Å². The molecule has 2 rings (SSSR count). The van der Waals surface area contributed by atoms with Crippen LogP contribution in [0.4, 0.5) is 4.39 Å². The van der Waals surface area contributed by atoms with Gasteiger partial charge in [0.2, 0.25) is 10.0 Å². The zero-order valence-electron chi connectivity index (χ0n) is 12.0. The van der Waals surface area contributed by atoms with Gasteiger partial charge in [-0.2, -0.15) is 0 Å². The molecule has 5 nitrogen and oxygen atoms in total. The van der Waals surface area contributed by atoms with E-state index in [4.69, 9.17) is 14.6 Å². The summed E-state index contributed by atoms with van der Waals surface area (Å²) in [6.07, 6.45) is 1.05. The molecule has 1 aliphatic heterocycles. The standard InChI is InChI=1S/C14H20FNO4S/c1-11-3-2-4-12(13(11)15)20-9-14(10-21(16,17)18)5-7-19-8-6-14/h2-4H,5-10H2,1H3,(H2,16,17,18). The van der Waals surface area contributed by atoms with Crippen molar-refractivity contribution in [2.75, 3.05) is 25.6 Å². The molecule has 0 radical (unpaired) electrons. The summed E-state index contributed by atoms with van der Waals surface area (Å²) in [6, 6.07) is 4.88. The van der Waals surface area contributed by atoms with Crippen molar-refractivity contribution < 1.29 is 22.3 Å². The maximum Gasteiger partial charge on any atom is 0.209 e. The number of primary sulfonamides is 1. The van der Waals surface area contributed by atoms with Crippen LogP contribution in [0.25, 0.3) is 0 Å². The van der Waals surface area contributed by atoms with Gasteiger partial charge < -0.3 is 9.47 Å². The minimum Gasteiger partial charge on any atom is -0.490 e. The molecule has 1 aromatic carbocycles. The Morgan fingerprint density at radius 2 is 2.05 bits per heavy atom. The van der Waals surface area contributed by atoms with Gasteiger partial charge in [0, 0.05) is 18.6 Å². The Balaban J connectivity index is 2.14. The molecule has 1 aliphatic rings.